The quantitative estimate of drug-likeness (QED) is 0.389. The van der Waals surface area contributed by atoms with Gasteiger partial charge in [-0.3, -0.25) is 0 Å². The van der Waals surface area contributed by atoms with Crippen LogP contribution in [0.4, 0.5) is 0 Å². The molecule has 1 aromatic rings. The van der Waals surface area contributed by atoms with Gasteiger partial charge in [0.1, 0.15) is 0 Å². The maximum Gasteiger partial charge on any atom is 0.0465 e. The molecule has 100 valence electrons. The Morgan fingerprint density at radius 2 is 1.68 bits per heavy atom. The highest BCUT2D eigenvalue weighted by molar-refractivity contribution is 8.26. The average Bonchev–Trinajstić information content (AvgIpc) is 2.81. The van der Waals surface area contributed by atoms with Crippen molar-refractivity contribution in [3.05, 3.63) is 45.2 Å². The van der Waals surface area contributed by atoms with Gasteiger partial charge < -0.3 is 0 Å². The van der Waals surface area contributed by atoms with Crippen molar-refractivity contribution in [3.63, 3.8) is 0 Å². The summed E-state index contributed by atoms with van der Waals surface area (Å²) in [5.74, 6) is 0. The number of rotatable bonds is 2. The fourth-order valence-corrected chi connectivity index (χ4v) is 6.47. The van der Waals surface area contributed by atoms with Crippen LogP contribution in [0.3, 0.4) is 0 Å². The van der Waals surface area contributed by atoms with Crippen LogP contribution in [0.2, 0.25) is 5.02 Å². The van der Waals surface area contributed by atoms with Crippen LogP contribution in [0.1, 0.15) is 31.2 Å². The van der Waals surface area contributed by atoms with Crippen LogP contribution in [0.25, 0.3) is 0 Å². The van der Waals surface area contributed by atoms with E-state index in [2.05, 4.69) is 6.08 Å². The van der Waals surface area contributed by atoms with Crippen LogP contribution in [-0.4, -0.2) is 15.4 Å². The van der Waals surface area contributed by atoms with Crippen molar-refractivity contribution in [2.75, 3.05) is 0 Å². The molecule has 4 heteroatoms. The molecule has 0 spiro atoms. The van der Waals surface area contributed by atoms with Gasteiger partial charge >= 0.3 is 0 Å². The van der Waals surface area contributed by atoms with Crippen molar-refractivity contribution >= 4 is 52.2 Å². The highest BCUT2D eigenvalue weighted by atomic mass is 35.5. The average molecular weight is 327 g/mol. The van der Waals surface area contributed by atoms with Crippen molar-refractivity contribution in [1.29, 1.82) is 0 Å². The summed E-state index contributed by atoms with van der Waals surface area (Å²) in [6, 6.07) is 7.80. The van der Waals surface area contributed by atoms with Gasteiger partial charge in [-0.05, 0) is 36.6 Å². The van der Waals surface area contributed by atoms with Gasteiger partial charge in [0.2, 0.25) is 0 Å². The Morgan fingerprint density at radius 1 is 1.11 bits per heavy atom. The predicted molar refractivity (Wildman–Crippen MR) is 92.5 cm³/mol. The number of halogens is 1. The van der Waals surface area contributed by atoms with Crippen LogP contribution in [0, 0.1) is 0 Å². The predicted octanol–water partition coefficient (Wildman–Crippen LogP) is 5.69. The number of hydrogen-bond acceptors (Lipinski definition) is 3. The van der Waals surface area contributed by atoms with E-state index in [1.54, 1.807) is 0 Å². The zero-order valence-electron chi connectivity index (χ0n) is 10.5. The van der Waals surface area contributed by atoms with Crippen molar-refractivity contribution < 1.29 is 0 Å². The maximum absolute atomic E-state index is 5.90. The SMILES string of the molecule is S=C(C=C1SC2CCCCC2S1)c1ccc(Cl)cc1. The van der Waals surface area contributed by atoms with E-state index in [-0.39, 0.29) is 0 Å². The summed E-state index contributed by atoms with van der Waals surface area (Å²) >= 11 is 15.5. The Morgan fingerprint density at radius 3 is 2.26 bits per heavy atom. The third-order valence-corrected chi connectivity index (χ3v) is 7.34. The Hall–Kier alpha value is 0.0400. The van der Waals surface area contributed by atoms with E-state index >= 15 is 0 Å². The van der Waals surface area contributed by atoms with E-state index in [0.29, 0.717) is 0 Å². The van der Waals surface area contributed by atoms with Crippen LogP contribution < -0.4 is 0 Å². The maximum atomic E-state index is 5.90. The summed E-state index contributed by atoms with van der Waals surface area (Å²) in [5.41, 5.74) is 1.09. The van der Waals surface area contributed by atoms with Crippen LogP contribution in [-0.2, 0) is 0 Å². The van der Waals surface area contributed by atoms with Gasteiger partial charge in [0.25, 0.3) is 0 Å². The zero-order valence-corrected chi connectivity index (χ0v) is 13.7. The number of thiocarbonyl (C=S) groups is 1. The molecule has 1 saturated heterocycles. The Balaban J connectivity index is 1.72. The second-order valence-corrected chi connectivity index (χ2v) is 8.63. The first-order valence-corrected chi connectivity index (χ1v) is 9.12. The first-order valence-electron chi connectivity index (χ1n) is 6.57. The molecule has 1 aliphatic carbocycles. The molecule has 2 fully saturated rings. The first-order chi connectivity index (χ1) is 9.22. The largest absolute Gasteiger partial charge is 0.115 e. The molecule has 19 heavy (non-hydrogen) atoms. The summed E-state index contributed by atoms with van der Waals surface area (Å²) in [6.07, 6.45) is 7.69. The molecule has 1 saturated carbocycles. The lowest BCUT2D eigenvalue weighted by Crippen LogP contribution is -2.19. The van der Waals surface area contributed by atoms with Gasteiger partial charge in [0.15, 0.2) is 0 Å². The molecular formula is C15H15ClS3. The molecule has 0 radical (unpaired) electrons. The van der Waals surface area contributed by atoms with Gasteiger partial charge in [0, 0.05) is 24.6 Å². The smallest absolute Gasteiger partial charge is 0.0465 e. The second-order valence-electron chi connectivity index (χ2n) is 4.93. The summed E-state index contributed by atoms with van der Waals surface area (Å²) in [6.45, 7) is 0. The molecule has 1 aromatic carbocycles. The Bertz CT molecular complexity index is 491. The zero-order chi connectivity index (χ0) is 13.2. The third-order valence-electron chi connectivity index (χ3n) is 3.55. The fraction of sp³-hybridized carbons (Fsp3) is 0.400. The van der Waals surface area contributed by atoms with Gasteiger partial charge in [-0.15, -0.1) is 23.5 Å². The molecule has 2 aliphatic rings. The minimum Gasteiger partial charge on any atom is -0.115 e. The van der Waals surface area contributed by atoms with Crippen LogP contribution in [0.5, 0.6) is 0 Å². The van der Waals surface area contributed by atoms with Crippen molar-refractivity contribution in [1.82, 2.24) is 0 Å². The second kappa shape index (κ2) is 6.21. The molecule has 1 aliphatic heterocycles. The fourth-order valence-electron chi connectivity index (χ4n) is 2.53. The van der Waals surface area contributed by atoms with Crippen LogP contribution >= 0.6 is 47.3 Å². The van der Waals surface area contributed by atoms with E-state index in [4.69, 9.17) is 23.8 Å². The lowest BCUT2D eigenvalue weighted by molar-refractivity contribution is 0.532. The lowest BCUT2D eigenvalue weighted by Gasteiger charge is -2.21. The van der Waals surface area contributed by atoms with Crippen molar-refractivity contribution in [2.45, 2.75) is 36.2 Å². The van der Waals surface area contributed by atoms with Gasteiger partial charge in [-0.25, -0.2) is 0 Å². The summed E-state index contributed by atoms with van der Waals surface area (Å²) in [4.78, 5) is 0.922. The molecule has 0 N–H and O–H groups in total. The van der Waals surface area contributed by atoms with Gasteiger partial charge in [0.05, 0.1) is 0 Å². The molecule has 0 amide bonds. The van der Waals surface area contributed by atoms with E-state index in [9.17, 15) is 0 Å². The van der Waals surface area contributed by atoms with E-state index in [1.807, 2.05) is 47.8 Å². The molecule has 0 nitrogen and oxygen atoms in total. The highest BCUT2D eigenvalue weighted by Gasteiger charge is 2.33. The van der Waals surface area contributed by atoms with E-state index in [1.165, 1.54) is 29.9 Å². The standard InChI is InChI=1S/C15H15ClS3/c16-11-7-5-10(6-8-11)12(17)9-15-18-13-3-1-2-4-14(13)19-15/h5-9,13-14H,1-4H2. The lowest BCUT2D eigenvalue weighted by atomic mass is 10.00. The molecule has 2 atom stereocenters. The normalized spacial score (nSPS) is 26.1. The molecule has 3 rings (SSSR count). The topological polar surface area (TPSA) is 0 Å². The van der Waals surface area contributed by atoms with Gasteiger partial charge in [-0.2, -0.15) is 0 Å². The summed E-state index contributed by atoms with van der Waals surface area (Å²) in [7, 11) is 0. The minimum atomic E-state index is 0.759. The third kappa shape index (κ3) is 3.38. The van der Waals surface area contributed by atoms with Crippen molar-refractivity contribution in [3.8, 4) is 0 Å². The molecule has 2 unspecified atom stereocenters. The molecule has 0 bridgehead atoms. The van der Waals surface area contributed by atoms with E-state index < -0.39 is 0 Å². The van der Waals surface area contributed by atoms with Crippen molar-refractivity contribution in [2.24, 2.45) is 0 Å². The number of allylic oxidation sites excluding steroid dienone is 1. The highest BCUT2D eigenvalue weighted by Crippen LogP contribution is 2.52. The monoisotopic (exact) mass is 326 g/mol. The Kier molecular flexibility index (Phi) is 4.58. The number of thioether (sulfide) groups is 2. The van der Waals surface area contributed by atoms with Gasteiger partial charge in [-0.1, -0.05) is 48.8 Å². The summed E-state index contributed by atoms with van der Waals surface area (Å²) < 4.78 is 1.40. The number of fused-ring (bicyclic) bond motifs is 1. The molecule has 1 heterocycles. The first kappa shape index (κ1) is 14.0. The number of benzene rings is 1. The van der Waals surface area contributed by atoms with Crippen LogP contribution in [0.15, 0.2) is 34.6 Å². The minimum absolute atomic E-state index is 0.759. The molecule has 0 aromatic heterocycles. The summed E-state index contributed by atoms with van der Waals surface area (Å²) in [5, 5.41) is 2.39. The van der Waals surface area contributed by atoms with E-state index in [0.717, 1.165) is 26.0 Å². The molecular weight excluding hydrogens is 312 g/mol. The number of hydrogen-bond donors (Lipinski definition) is 0. The Labute approximate surface area is 133 Å².